The molecular weight excluding hydrogens is 476 g/mol. The van der Waals surface area contributed by atoms with Gasteiger partial charge in [0.1, 0.15) is 24.0 Å². The van der Waals surface area contributed by atoms with Crippen LogP contribution in [0.15, 0.2) is 95.0 Å². The predicted molar refractivity (Wildman–Crippen MR) is 136 cm³/mol. The first-order valence-electron chi connectivity index (χ1n) is 10.4. The minimum absolute atomic E-state index is 0.0203. The lowest BCUT2D eigenvalue weighted by Gasteiger charge is -2.11. The SMILES string of the molecule is Cc1ccc(NC(=O)/C(C#N)=C\c2ccc(OCc3cccc4ccccc34)c(Br)c2)cc1. The van der Waals surface area contributed by atoms with Gasteiger partial charge >= 0.3 is 0 Å². The van der Waals surface area contributed by atoms with Crippen LogP contribution in [-0.4, -0.2) is 5.91 Å². The Morgan fingerprint density at radius 3 is 2.55 bits per heavy atom. The number of anilines is 1. The second-order valence-electron chi connectivity index (χ2n) is 7.61. The van der Waals surface area contributed by atoms with Gasteiger partial charge < -0.3 is 10.1 Å². The summed E-state index contributed by atoms with van der Waals surface area (Å²) in [4.78, 5) is 12.5. The van der Waals surface area contributed by atoms with Gasteiger partial charge in [-0.3, -0.25) is 4.79 Å². The summed E-state index contributed by atoms with van der Waals surface area (Å²) in [6.07, 6.45) is 1.56. The summed E-state index contributed by atoms with van der Waals surface area (Å²) in [6.45, 7) is 2.40. The van der Waals surface area contributed by atoms with Crippen molar-refractivity contribution in [2.45, 2.75) is 13.5 Å². The van der Waals surface area contributed by atoms with Crippen molar-refractivity contribution < 1.29 is 9.53 Å². The van der Waals surface area contributed by atoms with Crippen LogP contribution in [0.25, 0.3) is 16.8 Å². The zero-order valence-electron chi connectivity index (χ0n) is 18.0. The Morgan fingerprint density at radius 1 is 1.03 bits per heavy atom. The normalized spacial score (nSPS) is 11.1. The lowest BCUT2D eigenvalue weighted by Crippen LogP contribution is -2.13. The topological polar surface area (TPSA) is 62.1 Å². The number of halogens is 1. The van der Waals surface area contributed by atoms with Crippen molar-refractivity contribution in [3.63, 3.8) is 0 Å². The number of nitriles is 1. The molecule has 0 aromatic heterocycles. The van der Waals surface area contributed by atoms with Gasteiger partial charge in [-0.05, 0) is 75.1 Å². The molecule has 0 saturated heterocycles. The molecule has 4 aromatic carbocycles. The van der Waals surface area contributed by atoms with Crippen LogP contribution >= 0.6 is 15.9 Å². The largest absolute Gasteiger partial charge is 0.488 e. The molecule has 1 amide bonds. The van der Waals surface area contributed by atoms with E-state index in [-0.39, 0.29) is 5.57 Å². The van der Waals surface area contributed by atoms with Crippen LogP contribution in [0.2, 0.25) is 0 Å². The number of hydrogen-bond donors (Lipinski definition) is 1. The predicted octanol–water partition coefficient (Wildman–Crippen LogP) is 7.04. The lowest BCUT2D eigenvalue weighted by atomic mass is 10.1. The van der Waals surface area contributed by atoms with E-state index in [1.807, 2.05) is 61.5 Å². The van der Waals surface area contributed by atoms with Gasteiger partial charge in [-0.15, -0.1) is 0 Å². The molecule has 0 aliphatic carbocycles. The molecule has 162 valence electrons. The fraction of sp³-hybridized carbons (Fsp3) is 0.0714. The molecular formula is C28H21BrN2O2. The number of amides is 1. The quantitative estimate of drug-likeness (QED) is 0.230. The number of ether oxygens (including phenoxy) is 1. The van der Waals surface area contributed by atoms with Gasteiger partial charge in [0.25, 0.3) is 5.91 Å². The highest BCUT2D eigenvalue weighted by molar-refractivity contribution is 9.10. The van der Waals surface area contributed by atoms with Crippen molar-refractivity contribution >= 4 is 44.4 Å². The number of fused-ring (bicyclic) bond motifs is 1. The number of rotatable bonds is 6. The van der Waals surface area contributed by atoms with Crippen molar-refractivity contribution in [3.8, 4) is 11.8 Å². The van der Waals surface area contributed by atoms with Gasteiger partial charge in [0, 0.05) is 5.69 Å². The third-order valence-electron chi connectivity index (χ3n) is 5.20. The molecule has 0 bridgehead atoms. The van der Waals surface area contributed by atoms with E-state index in [2.05, 4.69) is 45.5 Å². The van der Waals surface area contributed by atoms with Crippen LogP contribution in [0, 0.1) is 18.3 Å². The van der Waals surface area contributed by atoms with Crippen molar-refractivity contribution in [1.82, 2.24) is 0 Å². The van der Waals surface area contributed by atoms with Crippen LogP contribution in [0.4, 0.5) is 5.69 Å². The van der Waals surface area contributed by atoms with E-state index in [9.17, 15) is 10.1 Å². The molecule has 4 aromatic rings. The Hall–Kier alpha value is -3.88. The smallest absolute Gasteiger partial charge is 0.266 e. The van der Waals surface area contributed by atoms with Crippen molar-refractivity contribution in [2.24, 2.45) is 0 Å². The molecule has 0 fully saturated rings. The van der Waals surface area contributed by atoms with Crippen molar-refractivity contribution in [1.29, 1.82) is 5.26 Å². The Bertz CT molecular complexity index is 1380. The fourth-order valence-corrected chi connectivity index (χ4v) is 3.96. The summed E-state index contributed by atoms with van der Waals surface area (Å²) in [6, 6.07) is 29.2. The molecule has 4 rings (SSSR count). The van der Waals surface area contributed by atoms with E-state index in [1.54, 1.807) is 18.2 Å². The first-order valence-corrected chi connectivity index (χ1v) is 11.2. The number of aryl methyl sites for hydroxylation is 1. The highest BCUT2D eigenvalue weighted by Crippen LogP contribution is 2.29. The summed E-state index contributed by atoms with van der Waals surface area (Å²) < 4.78 is 6.78. The molecule has 0 atom stereocenters. The van der Waals surface area contributed by atoms with E-state index in [0.717, 1.165) is 26.5 Å². The third kappa shape index (κ3) is 5.49. The fourth-order valence-electron chi connectivity index (χ4n) is 3.45. The molecule has 0 aliphatic heterocycles. The summed E-state index contributed by atoms with van der Waals surface area (Å²) in [5, 5.41) is 14.6. The standard InChI is InChI=1S/C28H21BrN2O2/c1-19-9-12-24(13-10-19)31-28(32)23(17-30)15-20-11-14-27(26(29)16-20)33-18-22-7-4-6-21-5-2-3-8-25(21)22/h2-16H,18H2,1H3,(H,31,32)/b23-15-. The molecule has 4 nitrogen and oxygen atoms in total. The van der Waals surface area contributed by atoms with Crippen LogP contribution in [0.3, 0.4) is 0 Å². The summed E-state index contributed by atoms with van der Waals surface area (Å²) in [7, 11) is 0. The van der Waals surface area contributed by atoms with E-state index in [0.29, 0.717) is 18.0 Å². The van der Waals surface area contributed by atoms with Gasteiger partial charge in [-0.1, -0.05) is 66.2 Å². The van der Waals surface area contributed by atoms with E-state index in [1.165, 1.54) is 5.39 Å². The molecule has 0 saturated carbocycles. The average Bonchev–Trinajstić information content (AvgIpc) is 2.83. The molecule has 0 aliphatic rings. The highest BCUT2D eigenvalue weighted by Gasteiger charge is 2.11. The van der Waals surface area contributed by atoms with E-state index in [4.69, 9.17) is 4.74 Å². The summed E-state index contributed by atoms with van der Waals surface area (Å²) >= 11 is 3.54. The van der Waals surface area contributed by atoms with Crippen LogP contribution in [0.1, 0.15) is 16.7 Å². The van der Waals surface area contributed by atoms with Crippen molar-refractivity contribution in [3.05, 3.63) is 112 Å². The molecule has 0 unspecified atom stereocenters. The van der Waals surface area contributed by atoms with Gasteiger partial charge in [0.2, 0.25) is 0 Å². The maximum absolute atomic E-state index is 12.5. The lowest BCUT2D eigenvalue weighted by molar-refractivity contribution is -0.112. The molecule has 0 spiro atoms. The minimum atomic E-state index is -0.450. The number of hydrogen-bond acceptors (Lipinski definition) is 3. The second kappa shape index (κ2) is 10.2. The highest BCUT2D eigenvalue weighted by atomic mass is 79.9. The summed E-state index contributed by atoms with van der Waals surface area (Å²) in [5.41, 5.74) is 3.58. The Balaban J connectivity index is 1.48. The maximum atomic E-state index is 12.5. The number of nitrogens with zero attached hydrogens (tertiary/aromatic N) is 1. The van der Waals surface area contributed by atoms with Crippen molar-refractivity contribution in [2.75, 3.05) is 5.32 Å². The molecule has 33 heavy (non-hydrogen) atoms. The third-order valence-corrected chi connectivity index (χ3v) is 5.82. The Morgan fingerprint density at radius 2 is 1.79 bits per heavy atom. The Labute approximate surface area is 201 Å². The number of benzene rings is 4. The van der Waals surface area contributed by atoms with Gasteiger partial charge in [0.15, 0.2) is 0 Å². The number of carbonyl (C=O) groups excluding carboxylic acids is 1. The maximum Gasteiger partial charge on any atom is 0.266 e. The van der Waals surface area contributed by atoms with Crippen LogP contribution in [-0.2, 0) is 11.4 Å². The van der Waals surface area contributed by atoms with Gasteiger partial charge in [0.05, 0.1) is 4.47 Å². The first-order chi connectivity index (χ1) is 16.0. The minimum Gasteiger partial charge on any atom is -0.488 e. The van der Waals surface area contributed by atoms with Gasteiger partial charge in [-0.2, -0.15) is 5.26 Å². The monoisotopic (exact) mass is 496 g/mol. The molecule has 5 heteroatoms. The van der Waals surface area contributed by atoms with E-state index < -0.39 is 5.91 Å². The summed E-state index contributed by atoms with van der Waals surface area (Å²) in [5.74, 6) is 0.233. The zero-order chi connectivity index (χ0) is 23.2. The van der Waals surface area contributed by atoms with Crippen LogP contribution < -0.4 is 10.1 Å². The average molecular weight is 497 g/mol. The first kappa shape index (κ1) is 22.3. The molecule has 1 N–H and O–H groups in total. The zero-order valence-corrected chi connectivity index (χ0v) is 19.6. The molecule has 0 radical (unpaired) electrons. The Kier molecular flexibility index (Phi) is 6.87. The van der Waals surface area contributed by atoms with Crippen LogP contribution in [0.5, 0.6) is 5.75 Å². The van der Waals surface area contributed by atoms with E-state index >= 15 is 0 Å². The molecule has 0 heterocycles. The number of carbonyl (C=O) groups is 1. The number of nitrogens with one attached hydrogen (secondary N) is 1. The second-order valence-corrected chi connectivity index (χ2v) is 8.46. The van der Waals surface area contributed by atoms with Gasteiger partial charge in [-0.25, -0.2) is 0 Å².